The minimum Gasteiger partial charge on any atom is -0.326 e. The van der Waals surface area contributed by atoms with E-state index in [2.05, 4.69) is 15.6 Å². The van der Waals surface area contributed by atoms with Crippen LogP contribution in [0.1, 0.15) is 22.3 Å². The van der Waals surface area contributed by atoms with Crippen LogP contribution >= 0.6 is 11.3 Å². The van der Waals surface area contributed by atoms with Crippen molar-refractivity contribution in [1.82, 2.24) is 4.98 Å². The molecule has 0 saturated heterocycles. The van der Waals surface area contributed by atoms with E-state index in [9.17, 15) is 14.0 Å². The van der Waals surface area contributed by atoms with Crippen LogP contribution < -0.4 is 10.6 Å². The molecule has 1 aromatic heterocycles. The van der Waals surface area contributed by atoms with Crippen LogP contribution in [-0.2, 0) is 4.79 Å². The molecule has 0 fully saturated rings. The van der Waals surface area contributed by atoms with E-state index in [-0.39, 0.29) is 23.3 Å². The number of nitrogens with one attached hydrogen (secondary N) is 2. The fourth-order valence-electron chi connectivity index (χ4n) is 2.43. The Bertz CT molecular complexity index is 984. The van der Waals surface area contributed by atoms with Crippen molar-refractivity contribution in [2.24, 2.45) is 0 Å². The minimum atomic E-state index is -0.388. The van der Waals surface area contributed by atoms with E-state index in [0.29, 0.717) is 26.8 Å². The standard InChI is InChI=1S/C19H16FN3O2S/c1-11-17(23-19(26-11)15-8-3-4-9-16(15)20)18(25)22-14-7-5-6-13(10-14)21-12(2)24/h3-10H,1-2H3,(H,21,24)(H,22,25). The SMILES string of the molecule is CC(=O)Nc1cccc(NC(=O)c2nc(-c3ccccc3F)sc2C)c1. The van der Waals surface area contributed by atoms with Crippen LogP contribution in [0, 0.1) is 12.7 Å². The van der Waals surface area contributed by atoms with Gasteiger partial charge in [-0.2, -0.15) is 0 Å². The molecule has 132 valence electrons. The molecule has 7 heteroatoms. The summed E-state index contributed by atoms with van der Waals surface area (Å²) in [5, 5.41) is 5.86. The molecule has 0 saturated carbocycles. The molecule has 26 heavy (non-hydrogen) atoms. The Labute approximate surface area is 153 Å². The third kappa shape index (κ3) is 3.94. The average molecular weight is 369 g/mol. The number of amides is 2. The fourth-order valence-corrected chi connectivity index (χ4v) is 3.36. The van der Waals surface area contributed by atoms with E-state index >= 15 is 0 Å². The van der Waals surface area contributed by atoms with Gasteiger partial charge in [-0.1, -0.05) is 18.2 Å². The first-order valence-corrected chi connectivity index (χ1v) is 8.67. The Hall–Kier alpha value is -3.06. The third-order valence-electron chi connectivity index (χ3n) is 3.56. The quantitative estimate of drug-likeness (QED) is 0.713. The van der Waals surface area contributed by atoms with Crippen LogP contribution in [0.25, 0.3) is 10.6 Å². The number of hydrogen-bond acceptors (Lipinski definition) is 4. The lowest BCUT2D eigenvalue weighted by Gasteiger charge is -2.07. The Morgan fingerprint density at radius 3 is 2.42 bits per heavy atom. The van der Waals surface area contributed by atoms with E-state index in [0.717, 1.165) is 0 Å². The maximum Gasteiger partial charge on any atom is 0.275 e. The lowest BCUT2D eigenvalue weighted by molar-refractivity contribution is -0.114. The maximum atomic E-state index is 13.9. The van der Waals surface area contributed by atoms with E-state index in [1.807, 2.05) is 0 Å². The predicted octanol–water partition coefficient (Wildman–Crippen LogP) is 4.47. The number of halogens is 1. The highest BCUT2D eigenvalue weighted by Gasteiger charge is 2.18. The molecular weight excluding hydrogens is 353 g/mol. The number of thiazole rings is 1. The number of carbonyl (C=O) groups excluding carboxylic acids is 2. The van der Waals surface area contributed by atoms with Gasteiger partial charge in [0.2, 0.25) is 5.91 Å². The highest BCUT2D eigenvalue weighted by Crippen LogP contribution is 2.30. The van der Waals surface area contributed by atoms with Gasteiger partial charge in [0.15, 0.2) is 0 Å². The molecule has 2 N–H and O–H groups in total. The van der Waals surface area contributed by atoms with Crippen molar-refractivity contribution in [3.8, 4) is 10.6 Å². The van der Waals surface area contributed by atoms with Crippen molar-refractivity contribution in [2.75, 3.05) is 10.6 Å². The number of carbonyl (C=O) groups is 2. The summed E-state index contributed by atoms with van der Waals surface area (Å²) in [7, 11) is 0. The van der Waals surface area contributed by atoms with Crippen LogP contribution in [0.15, 0.2) is 48.5 Å². The zero-order valence-electron chi connectivity index (χ0n) is 14.2. The highest BCUT2D eigenvalue weighted by atomic mass is 32.1. The van der Waals surface area contributed by atoms with Crippen LogP contribution in [0.3, 0.4) is 0 Å². The van der Waals surface area contributed by atoms with Crippen molar-refractivity contribution >= 4 is 34.5 Å². The number of anilines is 2. The lowest BCUT2D eigenvalue weighted by atomic mass is 10.2. The average Bonchev–Trinajstić information content (AvgIpc) is 2.96. The smallest absolute Gasteiger partial charge is 0.275 e. The van der Waals surface area contributed by atoms with Gasteiger partial charge >= 0.3 is 0 Å². The normalized spacial score (nSPS) is 10.4. The Kier molecular flexibility index (Phi) is 5.09. The third-order valence-corrected chi connectivity index (χ3v) is 4.56. The number of nitrogens with zero attached hydrogens (tertiary/aromatic N) is 1. The summed E-state index contributed by atoms with van der Waals surface area (Å²) < 4.78 is 13.9. The molecule has 0 radical (unpaired) electrons. The molecule has 2 aromatic carbocycles. The van der Waals surface area contributed by atoms with Gasteiger partial charge in [-0.3, -0.25) is 9.59 Å². The van der Waals surface area contributed by atoms with Crippen molar-refractivity contribution in [2.45, 2.75) is 13.8 Å². The van der Waals surface area contributed by atoms with Crippen LogP contribution in [0.4, 0.5) is 15.8 Å². The van der Waals surface area contributed by atoms with Crippen molar-refractivity contribution in [1.29, 1.82) is 0 Å². The van der Waals surface area contributed by atoms with Crippen molar-refractivity contribution in [3.05, 3.63) is 64.9 Å². The zero-order chi connectivity index (χ0) is 18.7. The molecule has 0 spiro atoms. The molecule has 2 amide bonds. The first-order chi connectivity index (χ1) is 12.4. The molecule has 0 unspecified atom stereocenters. The van der Waals surface area contributed by atoms with Gasteiger partial charge in [0, 0.05) is 28.7 Å². The zero-order valence-corrected chi connectivity index (χ0v) is 15.0. The second kappa shape index (κ2) is 7.45. The van der Waals surface area contributed by atoms with E-state index in [4.69, 9.17) is 0 Å². The number of aromatic nitrogens is 1. The Morgan fingerprint density at radius 1 is 1.04 bits per heavy atom. The monoisotopic (exact) mass is 369 g/mol. The number of aryl methyl sites for hydroxylation is 1. The van der Waals surface area contributed by atoms with E-state index in [1.54, 1.807) is 49.4 Å². The maximum absolute atomic E-state index is 13.9. The van der Waals surface area contributed by atoms with Crippen molar-refractivity contribution < 1.29 is 14.0 Å². The largest absolute Gasteiger partial charge is 0.326 e. The summed E-state index contributed by atoms with van der Waals surface area (Å²) in [4.78, 5) is 28.7. The van der Waals surface area contributed by atoms with Gasteiger partial charge in [0.05, 0.1) is 0 Å². The van der Waals surface area contributed by atoms with E-state index < -0.39 is 0 Å². The van der Waals surface area contributed by atoms with Gasteiger partial charge in [0.1, 0.15) is 16.5 Å². The Morgan fingerprint density at radius 2 is 1.73 bits per heavy atom. The molecule has 0 bridgehead atoms. The van der Waals surface area contributed by atoms with Crippen LogP contribution in [0.5, 0.6) is 0 Å². The van der Waals surface area contributed by atoms with Gasteiger partial charge in [-0.25, -0.2) is 9.37 Å². The van der Waals surface area contributed by atoms with Gasteiger partial charge in [-0.05, 0) is 37.3 Å². The summed E-state index contributed by atoms with van der Waals surface area (Å²) in [6.07, 6.45) is 0. The summed E-state index contributed by atoms with van der Waals surface area (Å²) in [6, 6.07) is 13.1. The molecule has 1 heterocycles. The second-order valence-corrected chi connectivity index (χ2v) is 6.82. The molecule has 0 aliphatic carbocycles. The molecule has 0 aliphatic heterocycles. The predicted molar refractivity (Wildman–Crippen MR) is 101 cm³/mol. The second-order valence-electron chi connectivity index (χ2n) is 5.62. The highest BCUT2D eigenvalue weighted by molar-refractivity contribution is 7.15. The first-order valence-electron chi connectivity index (χ1n) is 7.85. The van der Waals surface area contributed by atoms with Crippen LogP contribution in [0.2, 0.25) is 0 Å². The number of hydrogen-bond donors (Lipinski definition) is 2. The topological polar surface area (TPSA) is 71.1 Å². The van der Waals surface area contributed by atoms with Crippen molar-refractivity contribution in [3.63, 3.8) is 0 Å². The molecule has 0 aliphatic rings. The molecule has 3 aromatic rings. The lowest BCUT2D eigenvalue weighted by Crippen LogP contribution is -2.14. The number of rotatable bonds is 4. The molecular formula is C19H16FN3O2S. The summed E-state index contributed by atoms with van der Waals surface area (Å²) >= 11 is 1.26. The summed E-state index contributed by atoms with van der Waals surface area (Å²) in [6.45, 7) is 3.18. The summed E-state index contributed by atoms with van der Waals surface area (Å²) in [5.74, 6) is -0.962. The summed E-state index contributed by atoms with van der Waals surface area (Å²) in [5.41, 5.74) is 1.73. The first kappa shape index (κ1) is 17.8. The van der Waals surface area contributed by atoms with Gasteiger partial charge in [0.25, 0.3) is 5.91 Å². The number of benzene rings is 2. The molecule has 0 atom stereocenters. The molecule has 3 rings (SSSR count). The molecule has 5 nitrogen and oxygen atoms in total. The Balaban J connectivity index is 1.83. The minimum absolute atomic E-state index is 0.196. The van der Waals surface area contributed by atoms with Gasteiger partial charge < -0.3 is 10.6 Å². The van der Waals surface area contributed by atoms with Crippen LogP contribution in [-0.4, -0.2) is 16.8 Å². The van der Waals surface area contributed by atoms with Gasteiger partial charge in [-0.15, -0.1) is 11.3 Å². The van der Waals surface area contributed by atoms with E-state index in [1.165, 1.54) is 24.3 Å². The fraction of sp³-hybridized carbons (Fsp3) is 0.105.